The third-order valence-electron chi connectivity index (χ3n) is 4.60. The smallest absolute Gasteiger partial charge is 0.332 e. The van der Waals surface area contributed by atoms with Crippen LogP contribution in [-0.4, -0.2) is 40.1 Å². The summed E-state index contributed by atoms with van der Waals surface area (Å²) >= 11 is 1.44. The number of halogens is 1. The first-order chi connectivity index (χ1) is 12.9. The lowest BCUT2D eigenvalue weighted by Gasteiger charge is -2.28. The van der Waals surface area contributed by atoms with E-state index in [0.29, 0.717) is 24.9 Å². The van der Waals surface area contributed by atoms with Gasteiger partial charge in [0.2, 0.25) is 0 Å². The van der Waals surface area contributed by atoms with Gasteiger partial charge in [-0.3, -0.25) is 4.79 Å². The molecule has 5 nitrogen and oxygen atoms in total. The Morgan fingerprint density at radius 1 is 1.22 bits per heavy atom. The zero-order valence-electron chi connectivity index (χ0n) is 15.2. The Morgan fingerprint density at radius 3 is 2.56 bits per heavy atom. The van der Waals surface area contributed by atoms with E-state index < -0.39 is 18.2 Å². The molecule has 7 heteroatoms. The number of benzene rings is 1. The van der Waals surface area contributed by atoms with Crippen molar-refractivity contribution in [2.75, 3.05) is 0 Å². The van der Waals surface area contributed by atoms with Crippen molar-refractivity contribution in [2.45, 2.75) is 51.5 Å². The number of carbonyl (C=O) groups excluding carboxylic acids is 1. The van der Waals surface area contributed by atoms with Gasteiger partial charge in [-0.2, -0.15) is 0 Å². The summed E-state index contributed by atoms with van der Waals surface area (Å²) in [5.74, 6) is -1.51. The van der Waals surface area contributed by atoms with Gasteiger partial charge in [-0.1, -0.05) is 18.2 Å². The second-order valence-corrected chi connectivity index (χ2v) is 8.00. The van der Waals surface area contributed by atoms with Crippen molar-refractivity contribution in [1.29, 1.82) is 0 Å². The molecule has 144 valence electrons. The number of thiophene rings is 1. The normalized spacial score (nSPS) is 19.4. The molecule has 27 heavy (non-hydrogen) atoms. The topological polar surface area (TPSA) is 66.8 Å². The number of rotatable bonds is 6. The van der Waals surface area contributed by atoms with E-state index in [-0.39, 0.29) is 17.8 Å². The maximum Gasteiger partial charge on any atom is 0.332 e. The number of hydrogen-bond donors (Lipinski definition) is 1. The molecule has 0 saturated carbocycles. The summed E-state index contributed by atoms with van der Waals surface area (Å²) in [5.41, 5.74) is 0.541. The van der Waals surface area contributed by atoms with Crippen molar-refractivity contribution < 1.29 is 23.8 Å². The van der Waals surface area contributed by atoms with E-state index in [0.717, 1.165) is 9.75 Å². The second-order valence-electron chi connectivity index (χ2n) is 6.83. The molecule has 1 amide bonds. The molecule has 1 aromatic carbocycles. The Kier molecular flexibility index (Phi) is 5.92. The van der Waals surface area contributed by atoms with Crippen LogP contribution in [0.3, 0.4) is 0 Å². The fourth-order valence-electron chi connectivity index (χ4n) is 3.14. The first kappa shape index (κ1) is 19.5. The second kappa shape index (κ2) is 8.19. The molecular weight excluding hydrogens is 369 g/mol. The number of hydrogen-bond acceptors (Lipinski definition) is 4. The number of carbonyl (C=O) groups is 2. The van der Waals surface area contributed by atoms with Gasteiger partial charge in [-0.25, -0.2) is 9.18 Å². The zero-order chi connectivity index (χ0) is 19.6. The molecule has 2 heterocycles. The molecule has 2 atom stereocenters. The summed E-state index contributed by atoms with van der Waals surface area (Å²) in [6.45, 7) is 4.20. The van der Waals surface area contributed by atoms with Crippen molar-refractivity contribution in [3.05, 3.63) is 47.1 Å². The molecule has 0 radical (unpaired) electrons. The summed E-state index contributed by atoms with van der Waals surface area (Å²) in [6, 6.07) is 10.3. The summed E-state index contributed by atoms with van der Waals surface area (Å²) in [5, 5.41) is 9.05. The molecule has 1 aliphatic rings. The van der Waals surface area contributed by atoms with Crippen LogP contribution in [0, 0.1) is 5.82 Å². The van der Waals surface area contributed by atoms with E-state index in [1.807, 2.05) is 26.0 Å². The van der Waals surface area contributed by atoms with Crippen LogP contribution in [-0.2, 0) is 20.9 Å². The number of carboxylic acids is 1. The molecule has 1 saturated heterocycles. The monoisotopic (exact) mass is 391 g/mol. The van der Waals surface area contributed by atoms with E-state index in [9.17, 15) is 14.0 Å². The SMILES string of the molecule is CC(C)N(Cc1ccc(-c2ccccc2F)s1)C(=O)[C@@H]1CC[C@H](C(=O)O)O1. The number of amides is 1. The predicted octanol–water partition coefficient (Wildman–Crippen LogP) is 3.92. The highest BCUT2D eigenvalue weighted by Crippen LogP contribution is 2.31. The van der Waals surface area contributed by atoms with Gasteiger partial charge in [0.1, 0.15) is 11.9 Å². The van der Waals surface area contributed by atoms with Crippen molar-refractivity contribution in [3.8, 4) is 10.4 Å². The summed E-state index contributed by atoms with van der Waals surface area (Å²) in [6.07, 6.45) is -0.889. The molecule has 1 aromatic heterocycles. The number of carboxylic acid groups (broad SMARTS) is 1. The fraction of sp³-hybridized carbons (Fsp3) is 0.400. The van der Waals surface area contributed by atoms with Gasteiger partial charge in [0.25, 0.3) is 5.91 Å². The Labute approximate surface area is 161 Å². The third kappa shape index (κ3) is 4.36. The Bertz CT molecular complexity index is 835. The molecule has 2 aromatic rings. The van der Waals surface area contributed by atoms with Crippen molar-refractivity contribution in [3.63, 3.8) is 0 Å². The molecule has 0 aliphatic carbocycles. The third-order valence-corrected chi connectivity index (χ3v) is 5.71. The van der Waals surface area contributed by atoms with Crippen LogP contribution in [0.4, 0.5) is 4.39 Å². The maximum absolute atomic E-state index is 14.0. The molecule has 1 N–H and O–H groups in total. The van der Waals surface area contributed by atoms with Gasteiger partial charge in [0.05, 0.1) is 6.54 Å². The van der Waals surface area contributed by atoms with E-state index in [4.69, 9.17) is 9.84 Å². The summed E-state index contributed by atoms with van der Waals surface area (Å²) < 4.78 is 19.4. The van der Waals surface area contributed by atoms with Crippen LogP contribution in [0.1, 0.15) is 31.6 Å². The van der Waals surface area contributed by atoms with Crippen LogP contribution >= 0.6 is 11.3 Å². The van der Waals surface area contributed by atoms with Gasteiger partial charge in [-0.15, -0.1) is 11.3 Å². The molecule has 0 bridgehead atoms. The van der Waals surface area contributed by atoms with Crippen molar-refractivity contribution in [1.82, 2.24) is 4.90 Å². The highest BCUT2D eigenvalue weighted by atomic mass is 32.1. The maximum atomic E-state index is 14.0. The van der Waals surface area contributed by atoms with Gasteiger partial charge >= 0.3 is 5.97 Å². The highest BCUT2D eigenvalue weighted by Gasteiger charge is 2.37. The first-order valence-corrected chi connectivity index (χ1v) is 9.71. The lowest BCUT2D eigenvalue weighted by molar-refractivity contribution is -0.155. The van der Waals surface area contributed by atoms with Crippen LogP contribution in [0.15, 0.2) is 36.4 Å². The minimum Gasteiger partial charge on any atom is -0.479 e. The quantitative estimate of drug-likeness (QED) is 0.810. The predicted molar refractivity (Wildman–Crippen MR) is 101 cm³/mol. The first-order valence-electron chi connectivity index (χ1n) is 8.89. The average molecular weight is 391 g/mol. The zero-order valence-corrected chi connectivity index (χ0v) is 16.0. The highest BCUT2D eigenvalue weighted by molar-refractivity contribution is 7.15. The van der Waals surface area contributed by atoms with Crippen LogP contribution in [0.5, 0.6) is 0 Å². The minimum atomic E-state index is -1.03. The van der Waals surface area contributed by atoms with E-state index in [2.05, 4.69) is 0 Å². The molecule has 1 aliphatic heterocycles. The van der Waals surface area contributed by atoms with Crippen LogP contribution in [0.25, 0.3) is 10.4 Å². The molecule has 3 rings (SSSR count). The Morgan fingerprint density at radius 2 is 1.93 bits per heavy atom. The lowest BCUT2D eigenvalue weighted by atomic mass is 10.1. The van der Waals surface area contributed by atoms with Crippen LogP contribution in [0.2, 0.25) is 0 Å². The molecule has 1 fully saturated rings. The number of ether oxygens (including phenoxy) is 1. The number of aliphatic carboxylic acids is 1. The molecule has 0 spiro atoms. The van der Waals surface area contributed by atoms with E-state index >= 15 is 0 Å². The lowest BCUT2D eigenvalue weighted by Crippen LogP contribution is -2.43. The standard InChI is InChI=1S/C20H22FNO4S/c1-12(2)22(19(23)16-8-9-17(26-16)20(24)25)11-13-7-10-18(27-13)14-5-3-4-6-15(14)21/h3-7,10,12,16-17H,8-9,11H2,1-2H3,(H,24,25)/t16-,17+/m0/s1. The van der Waals surface area contributed by atoms with Crippen molar-refractivity contribution in [2.24, 2.45) is 0 Å². The van der Waals surface area contributed by atoms with Gasteiger partial charge in [-0.05, 0) is 44.9 Å². The minimum absolute atomic E-state index is 0.0658. The van der Waals surface area contributed by atoms with Gasteiger partial charge in [0, 0.05) is 21.4 Å². The Hall–Kier alpha value is -2.25. The van der Waals surface area contributed by atoms with E-state index in [1.165, 1.54) is 17.4 Å². The van der Waals surface area contributed by atoms with Crippen LogP contribution < -0.4 is 0 Å². The fourth-order valence-corrected chi connectivity index (χ4v) is 4.17. The summed E-state index contributed by atoms with van der Waals surface area (Å²) in [7, 11) is 0. The molecule has 0 unspecified atom stereocenters. The largest absolute Gasteiger partial charge is 0.479 e. The summed E-state index contributed by atoms with van der Waals surface area (Å²) in [4.78, 5) is 27.3. The van der Waals surface area contributed by atoms with Gasteiger partial charge < -0.3 is 14.7 Å². The van der Waals surface area contributed by atoms with Crippen molar-refractivity contribution >= 4 is 23.2 Å². The average Bonchev–Trinajstić information content (AvgIpc) is 3.29. The number of nitrogens with zero attached hydrogens (tertiary/aromatic N) is 1. The van der Waals surface area contributed by atoms with Gasteiger partial charge in [0.15, 0.2) is 6.10 Å². The Balaban J connectivity index is 1.73. The van der Waals surface area contributed by atoms with E-state index in [1.54, 1.807) is 23.1 Å². The molecular formula is C20H22FNO4S.